The van der Waals surface area contributed by atoms with E-state index in [4.69, 9.17) is 0 Å². The van der Waals surface area contributed by atoms with E-state index in [1.807, 2.05) is 31.3 Å². The second kappa shape index (κ2) is 5.22. The molecule has 6 heteroatoms. The van der Waals surface area contributed by atoms with E-state index in [2.05, 4.69) is 9.82 Å². The average molecular weight is 265 g/mol. The summed E-state index contributed by atoms with van der Waals surface area (Å²) in [5, 5.41) is 4.10. The first-order chi connectivity index (χ1) is 8.61. The van der Waals surface area contributed by atoms with Crippen LogP contribution in [0.5, 0.6) is 0 Å². The summed E-state index contributed by atoms with van der Waals surface area (Å²) >= 11 is 0. The fourth-order valence-electron chi connectivity index (χ4n) is 1.60. The largest absolute Gasteiger partial charge is 0.284 e. The maximum atomic E-state index is 11.6. The molecule has 0 aliphatic rings. The molecule has 96 valence electrons. The Bertz CT molecular complexity index is 589. The summed E-state index contributed by atoms with van der Waals surface area (Å²) in [4.78, 5) is 0. The third-order valence-electron chi connectivity index (χ3n) is 2.38. The number of rotatable bonds is 5. The van der Waals surface area contributed by atoms with Crippen LogP contribution in [0.1, 0.15) is 13.3 Å². The number of nitrogens with zero attached hydrogens (tertiary/aromatic N) is 2. The number of hydrogen-bond acceptors (Lipinski definition) is 3. The summed E-state index contributed by atoms with van der Waals surface area (Å²) in [5.74, 6) is 0.133. The lowest BCUT2D eigenvalue weighted by Gasteiger charge is -2.07. The quantitative estimate of drug-likeness (QED) is 0.899. The van der Waals surface area contributed by atoms with Crippen LogP contribution in [0.3, 0.4) is 0 Å². The molecule has 0 spiro atoms. The van der Waals surface area contributed by atoms with Crippen molar-refractivity contribution in [2.45, 2.75) is 13.3 Å². The molecule has 1 aromatic carbocycles. The maximum absolute atomic E-state index is 11.6. The first-order valence-corrected chi connectivity index (χ1v) is 7.36. The molecule has 0 amide bonds. The molecule has 0 bridgehead atoms. The van der Waals surface area contributed by atoms with E-state index in [9.17, 15) is 8.42 Å². The Labute approximate surface area is 107 Å². The van der Waals surface area contributed by atoms with Crippen molar-refractivity contribution in [3.63, 3.8) is 0 Å². The number of nitrogens with one attached hydrogen (secondary N) is 1. The molecule has 0 saturated carbocycles. The van der Waals surface area contributed by atoms with E-state index in [1.165, 1.54) is 0 Å². The number of aromatic nitrogens is 2. The summed E-state index contributed by atoms with van der Waals surface area (Å²) in [6.45, 7) is 1.83. The van der Waals surface area contributed by atoms with Gasteiger partial charge in [-0.15, -0.1) is 0 Å². The first-order valence-electron chi connectivity index (χ1n) is 5.71. The van der Waals surface area contributed by atoms with Gasteiger partial charge in [-0.1, -0.05) is 6.92 Å². The van der Waals surface area contributed by atoms with Crippen LogP contribution in [-0.4, -0.2) is 24.0 Å². The predicted octanol–water partition coefficient (Wildman–Crippen LogP) is 2.02. The summed E-state index contributed by atoms with van der Waals surface area (Å²) < 4.78 is 27.4. The number of hydrogen-bond donors (Lipinski definition) is 1. The van der Waals surface area contributed by atoms with Crippen LogP contribution in [0, 0.1) is 0 Å². The van der Waals surface area contributed by atoms with E-state index in [1.54, 1.807) is 23.0 Å². The third kappa shape index (κ3) is 3.10. The molecular weight excluding hydrogens is 250 g/mol. The van der Waals surface area contributed by atoms with E-state index in [0.29, 0.717) is 12.1 Å². The van der Waals surface area contributed by atoms with E-state index in [0.717, 1.165) is 5.69 Å². The fourth-order valence-corrected chi connectivity index (χ4v) is 2.74. The molecular formula is C12H15N3O2S. The van der Waals surface area contributed by atoms with Gasteiger partial charge in [0.2, 0.25) is 10.0 Å². The molecule has 0 saturated heterocycles. The van der Waals surface area contributed by atoms with Crippen LogP contribution < -0.4 is 4.72 Å². The Morgan fingerprint density at radius 2 is 2.00 bits per heavy atom. The molecule has 5 nitrogen and oxygen atoms in total. The zero-order valence-corrected chi connectivity index (χ0v) is 10.9. The summed E-state index contributed by atoms with van der Waals surface area (Å²) in [7, 11) is -3.22. The second-order valence-electron chi connectivity index (χ2n) is 3.92. The maximum Gasteiger partial charge on any atom is 0.232 e. The van der Waals surface area contributed by atoms with E-state index in [-0.39, 0.29) is 5.75 Å². The van der Waals surface area contributed by atoms with Gasteiger partial charge in [-0.25, -0.2) is 13.1 Å². The van der Waals surface area contributed by atoms with Crippen molar-refractivity contribution < 1.29 is 8.42 Å². The molecule has 0 radical (unpaired) electrons. The molecule has 0 unspecified atom stereocenters. The van der Waals surface area contributed by atoms with Gasteiger partial charge in [0.1, 0.15) is 0 Å². The normalized spacial score (nSPS) is 11.4. The highest BCUT2D eigenvalue weighted by molar-refractivity contribution is 7.92. The van der Waals surface area contributed by atoms with Gasteiger partial charge in [0, 0.05) is 18.1 Å². The number of sulfonamides is 1. The van der Waals surface area contributed by atoms with Crippen LogP contribution in [0.4, 0.5) is 5.69 Å². The minimum atomic E-state index is -3.22. The van der Waals surface area contributed by atoms with Crippen LogP contribution in [-0.2, 0) is 10.0 Å². The third-order valence-corrected chi connectivity index (χ3v) is 3.87. The smallest absolute Gasteiger partial charge is 0.232 e. The molecule has 2 aromatic rings. The van der Waals surface area contributed by atoms with Gasteiger partial charge in [-0.05, 0) is 36.8 Å². The molecule has 18 heavy (non-hydrogen) atoms. The Morgan fingerprint density at radius 3 is 2.56 bits per heavy atom. The Morgan fingerprint density at radius 1 is 1.28 bits per heavy atom. The molecule has 0 fully saturated rings. The van der Waals surface area contributed by atoms with Gasteiger partial charge >= 0.3 is 0 Å². The molecule has 1 heterocycles. The zero-order valence-electron chi connectivity index (χ0n) is 10.1. The van der Waals surface area contributed by atoms with Crippen molar-refractivity contribution in [1.82, 2.24) is 9.78 Å². The molecule has 0 atom stereocenters. The van der Waals surface area contributed by atoms with Gasteiger partial charge in [-0.2, -0.15) is 5.10 Å². The average Bonchev–Trinajstić information content (AvgIpc) is 2.82. The van der Waals surface area contributed by atoms with Crippen LogP contribution >= 0.6 is 0 Å². The molecule has 0 aliphatic carbocycles. The van der Waals surface area contributed by atoms with Crippen LogP contribution in [0.2, 0.25) is 0 Å². The minimum absolute atomic E-state index is 0.133. The highest BCUT2D eigenvalue weighted by atomic mass is 32.2. The standard InChI is InChI=1S/C12H15N3O2S/c1-2-10-18(16,17)14-11-4-6-12(7-5-11)15-9-3-8-13-15/h3-9,14H,2,10H2,1H3. The minimum Gasteiger partial charge on any atom is -0.284 e. The van der Waals surface area contributed by atoms with Crippen molar-refractivity contribution in [3.05, 3.63) is 42.7 Å². The SMILES string of the molecule is CCCS(=O)(=O)Nc1ccc(-n2cccn2)cc1. The highest BCUT2D eigenvalue weighted by Gasteiger charge is 2.08. The second-order valence-corrected chi connectivity index (χ2v) is 5.76. The summed E-state index contributed by atoms with van der Waals surface area (Å²) in [6.07, 6.45) is 4.12. The zero-order chi connectivity index (χ0) is 13.0. The molecule has 1 aromatic heterocycles. The summed E-state index contributed by atoms with van der Waals surface area (Å²) in [6, 6.07) is 8.92. The van der Waals surface area contributed by atoms with Crippen LogP contribution in [0.15, 0.2) is 42.7 Å². The lowest BCUT2D eigenvalue weighted by Crippen LogP contribution is -2.16. The van der Waals surface area contributed by atoms with Gasteiger partial charge in [0.05, 0.1) is 11.4 Å². The van der Waals surface area contributed by atoms with Gasteiger partial charge in [0.25, 0.3) is 0 Å². The van der Waals surface area contributed by atoms with Crippen molar-refractivity contribution in [2.75, 3.05) is 10.5 Å². The monoisotopic (exact) mass is 265 g/mol. The van der Waals surface area contributed by atoms with Crippen LogP contribution in [0.25, 0.3) is 5.69 Å². The van der Waals surface area contributed by atoms with E-state index < -0.39 is 10.0 Å². The Hall–Kier alpha value is -1.82. The van der Waals surface area contributed by atoms with Crippen molar-refractivity contribution in [1.29, 1.82) is 0 Å². The molecule has 0 aliphatic heterocycles. The highest BCUT2D eigenvalue weighted by Crippen LogP contribution is 2.14. The lowest BCUT2D eigenvalue weighted by molar-refractivity contribution is 0.600. The van der Waals surface area contributed by atoms with Crippen molar-refractivity contribution in [2.24, 2.45) is 0 Å². The molecule has 2 rings (SSSR count). The Balaban J connectivity index is 2.14. The molecule has 1 N–H and O–H groups in total. The van der Waals surface area contributed by atoms with Gasteiger partial charge in [0.15, 0.2) is 0 Å². The number of benzene rings is 1. The van der Waals surface area contributed by atoms with Crippen molar-refractivity contribution in [3.8, 4) is 5.69 Å². The van der Waals surface area contributed by atoms with E-state index >= 15 is 0 Å². The first kappa shape index (κ1) is 12.6. The summed E-state index contributed by atoms with van der Waals surface area (Å²) in [5.41, 5.74) is 1.46. The number of anilines is 1. The fraction of sp³-hybridized carbons (Fsp3) is 0.250. The van der Waals surface area contributed by atoms with Gasteiger partial charge < -0.3 is 0 Å². The topological polar surface area (TPSA) is 64.0 Å². The lowest BCUT2D eigenvalue weighted by atomic mass is 10.3. The predicted molar refractivity (Wildman–Crippen MR) is 71.3 cm³/mol. The Kier molecular flexibility index (Phi) is 3.66. The van der Waals surface area contributed by atoms with Crippen molar-refractivity contribution >= 4 is 15.7 Å². The van der Waals surface area contributed by atoms with Gasteiger partial charge in [-0.3, -0.25) is 4.72 Å².